The van der Waals surface area contributed by atoms with Crippen LogP contribution >= 0.6 is 11.6 Å². The lowest BCUT2D eigenvalue weighted by Gasteiger charge is -2.32. The molecule has 5 rings (SSSR count). The van der Waals surface area contributed by atoms with Crippen molar-refractivity contribution in [3.63, 3.8) is 0 Å². The van der Waals surface area contributed by atoms with Crippen molar-refractivity contribution >= 4 is 35.2 Å². The van der Waals surface area contributed by atoms with Gasteiger partial charge in [0.05, 0.1) is 11.3 Å². The topological polar surface area (TPSA) is 86.3 Å². The lowest BCUT2D eigenvalue weighted by Crippen LogP contribution is -2.43. The number of carbonyl (C=O) groups is 3. The zero-order valence-electron chi connectivity index (χ0n) is 27.0. The van der Waals surface area contributed by atoms with Crippen LogP contribution in [-0.4, -0.2) is 96.1 Å². The van der Waals surface area contributed by atoms with Crippen LogP contribution in [0.15, 0.2) is 30.5 Å². The number of nitrogens with zero attached hydrogens (tertiary/aromatic N) is 5. The van der Waals surface area contributed by atoms with E-state index < -0.39 is 0 Å². The molecule has 3 aliphatic rings. The van der Waals surface area contributed by atoms with E-state index >= 15 is 0 Å². The molecule has 0 spiro atoms. The molecule has 0 bridgehead atoms. The molecule has 0 radical (unpaired) electrons. The predicted molar refractivity (Wildman–Crippen MR) is 172 cm³/mol. The highest BCUT2D eigenvalue weighted by Crippen LogP contribution is 2.51. The molecule has 0 aliphatic carbocycles. The lowest BCUT2D eigenvalue weighted by molar-refractivity contribution is -0.130. The average Bonchev–Trinajstić information content (AvgIpc) is 3.36. The number of likely N-dealkylation sites (tertiary alicyclic amines) is 3. The fourth-order valence-electron chi connectivity index (χ4n) is 7.30. The van der Waals surface area contributed by atoms with Crippen LogP contribution < -0.4 is 4.90 Å². The minimum absolute atomic E-state index is 0.0233. The number of aromatic nitrogens is 1. The normalized spacial score (nSPS) is 24.0. The Morgan fingerprint density at radius 2 is 1.64 bits per heavy atom. The van der Waals surface area contributed by atoms with Crippen LogP contribution in [0.5, 0.6) is 0 Å². The minimum atomic E-state index is -0.376. The van der Waals surface area contributed by atoms with Crippen LogP contribution in [0.4, 0.5) is 10.5 Å². The minimum Gasteiger partial charge on any atom is -0.446 e. The summed E-state index contributed by atoms with van der Waals surface area (Å²) in [6.07, 6.45) is 3.21. The maximum Gasteiger partial charge on any atom is 0.414 e. The van der Waals surface area contributed by atoms with Gasteiger partial charge in [0.2, 0.25) is 5.91 Å². The van der Waals surface area contributed by atoms with Crippen LogP contribution in [0.1, 0.15) is 67.2 Å². The summed E-state index contributed by atoms with van der Waals surface area (Å²) in [5.41, 5.74) is 4.10. The molecule has 3 amide bonds. The summed E-state index contributed by atoms with van der Waals surface area (Å²) in [6.45, 7) is 17.8. The molecule has 0 N–H and O–H groups in total. The standard InChI is InChI=1S/C34H46ClN5O4/c1-23-8-9-27(18-29(23)35)40(32(43)44-28-11-16-38(17-12-28)26(4)41)15-7-14-37-19-33(5)21-39(22-34(33,6)20-37)31(42)30-24(2)10-13-36-25(30)3/h8-10,13,18,28H,7,11-12,14-17,19-22H2,1-6H3. The highest BCUT2D eigenvalue weighted by atomic mass is 35.5. The Labute approximate surface area is 266 Å². The Hall–Kier alpha value is -3.17. The number of hydrogen-bond acceptors (Lipinski definition) is 6. The van der Waals surface area contributed by atoms with Crippen molar-refractivity contribution in [3.05, 3.63) is 57.9 Å². The summed E-state index contributed by atoms with van der Waals surface area (Å²) in [5, 5.41) is 0.610. The first-order valence-corrected chi connectivity index (χ1v) is 16.1. The third-order valence-corrected chi connectivity index (χ3v) is 10.6. The molecule has 2 unspecified atom stereocenters. The van der Waals surface area contributed by atoms with Gasteiger partial charge in [0.1, 0.15) is 6.10 Å². The van der Waals surface area contributed by atoms with Gasteiger partial charge < -0.3 is 19.4 Å². The maximum absolute atomic E-state index is 13.6. The van der Waals surface area contributed by atoms with Gasteiger partial charge in [0.25, 0.3) is 5.91 Å². The third-order valence-electron chi connectivity index (χ3n) is 10.2. The second-order valence-electron chi connectivity index (χ2n) is 13.6. The number of ether oxygens (including phenoxy) is 1. The van der Waals surface area contributed by atoms with E-state index in [2.05, 4.69) is 23.7 Å². The quantitative estimate of drug-likeness (QED) is 0.406. The van der Waals surface area contributed by atoms with E-state index in [0.717, 1.165) is 67.2 Å². The number of amides is 3. The second kappa shape index (κ2) is 12.7. The number of benzene rings is 1. The fraction of sp³-hybridized carbons (Fsp3) is 0.588. The van der Waals surface area contributed by atoms with Crippen molar-refractivity contribution in [3.8, 4) is 0 Å². The van der Waals surface area contributed by atoms with Gasteiger partial charge >= 0.3 is 6.09 Å². The van der Waals surface area contributed by atoms with Crippen molar-refractivity contribution in [2.75, 3.05) is 57.3 Å². The first-order valence-electron chi connectivity index (χ1n) is 15.7. The first-order chi connectivity index (χ1) is 20.8. The zero-order chi connectivity index (χ0) is 31.8. The van der Waals surface area contributed by atoms with Gasteiger partial charge in [0.15, 0.2) is 0 Å². The predicted octanol–water partition coefficient (Wildman–Crippen LogP) is 5.49. The molecule has 4 heterocycles. The molecule has 2 aromatic rings. The highest BCUT2D eigenvalue weighted by Gasteiger charge is 2.58. The molecule has 3 saturated heterocycles. The summed E-state index contributed by atoms with van der Waals surface area (Å²) in [7, 11) is 0. The third kappa shape index (κ3) is 6.45. The molecule has 3 aliphatic heterocycles. The van der Waals surface area contributed by atoms with Crippen LogP contribution in [0.2, 0.25) is 5.02 Å². The highest BCUT2D eigenvalue weighted by molar-refractivity contribution is 6.31. The molecule has 44 heavy (non-hydrogen) atoms. The lowest BCUT2D eigenvalue weighted by atomic mass is 9.71. The van der Waals surface area contributed by atoms with E-state index in [4.69, 9.17) is 16.3 Å². The molecule has 0 saturated carbocycles. The number of piperidine rings is 1. The monoisotopic (exact) mass is 623 g/mol. The van der Waals surface area contributed by atoms with E-state index in [9.17, 15) is 14.4 Å². The zero-order valence-corrected chi connectivity index (χ0v) is 27.7. The van der Waals surface area contributed by atoms with Crippen LogP contribution in [0, 0.1) is 31.6 Å². The Bertz CT molecular complexity index is 1390. The van der Waals surface area contributed by atoms with Gasteiger partial charge in [-0.15, -0.1) is 0 Å². The molecule has 9 nitrogen and oxygen atoms in total. The molecule has 238 valence electrons. The van der Waals surface area contributed by atoms with Gasteiger partial charge in [-0.25, -0.2) is 4.79 Å². The number of halogens is 1. The summed E-state index contributed by atoms with van der Waals surface area (Å²) in [4.78, 5) is 51.1. The van der Waals surface area contributed by atoms with E-state index in [1.54, 1.807) is 22.9 Å². The second-order valence-corrected chi connectivity index (χ2v) is 14.0. The van der Waals surface area contributed by atoms with E-state index in [1.165, 1.54) is 0 Å². The molecule has 3 fully saturated rings. The molecular weight excluding hydrogens is 578 g/mol. The largest absolute Gasteiger partial charge is 0.446 e. The fourth-order valence-corrected chi connectivity index (χ4v) is 7.48. The molecule has 1 aromatic heterocycles. The van der Waals surface area contributed by atoms with Crippen LogP contribution in [0.3, 0.4) is 0 Å². The number of anilines is 1. The number of carbonyl (C=O) groups excluding carboxylic acids is 3. The molecular formula is C34H46ClN5O4. The smallest absolute Gasteiger partial charge is 0.414 e. The van der Waals surface area contributed by atoms with Gasteiger partial charge in [-0.1, -0.05) is 31.5 Å². The maximum atomic E-state index is 13.6. The average molecular weight is 624 g/mol. The summed E-state index contributed by atoms with van der Waals surface area (Å²) < 4.78 is 5.96. The summed E-state index contributed by atoms with van der Waals surface area (Å²) >= 11 is 6.46. The number of rotatable bonds is 7. The summed E-state index contributed by atoms with van der Waals surface area (Å²) in [5.74, 6) is 0.131. The van der Waals surface area contributed by atoms with E-state index in [0.29, 0.717) is 37.5 Å². The van der Waals surface area contributed by atoms with Crippen molar-refractivity contribution in [1.82, 2.24) is 19.7 Å². The Morgan fingerprint density at radius 1 is 0.977 bits per heavy atom. The molecule has 2 atom stereocenters. The summed E-state index contributed by atoms with van der Waals surface area (Å²) in [6, 6.07) is 7.58. The van der Waals surface area contributed by atoms with Gasteiger partial charge in [-0.2, -0.15) is 0 Å². The molecule has 10 heteroatoms. The Kier molecular flexibility index (Phi) is 9.29. The number of fused-ring (bicyclic) bond motifs is 1. The van der Waals surface area contributed by atoms with Crippen LogP contribution in [-0.2, 0) is 9.53 Å². The number of aryl methyl sites for hydroxylation is 3. The van der Waals surface area contributed by atoms with E-state index in [1.807, 2.05) is 49.9 Å². The van der Waals surface area contributed by atoms with Crippen molar-refractivity contribution < 1.29 is 19.1 Å². The van der Waals surface area contributed by atoms with Gasteiger partial charge in [0, 0.05) is 93.3 Å². The van der Waals surface area contributed by atoms with Crippen LogP contribution in [0.25, 0.3) is 0 Å². The Morgan fingerprint density at radius 3 is 2.23 bits per heavy atom. The number of hydrogen-bond donors (Lipinski definition) is 0. The van der Waals surface area contributed by atoms with Crippen molar-refractivity contribution in [2.45, 2.75) is 66.9 Å². The van der Waals surface area contributed by atoms with E-state index in [-0.39, 0.29) is 34.8 Å². The van der Waals surface area contributed by atoms with Crippen molar-refractivity contribution in [1.29, 1.82) is 0 Å². The molecule has 1 aromatic carbocycles. The SMILES string of the molecule is CC(=O)N1CCC(OC(=O)N(CCCN2CC3(C)CN(C(=O)c4c(C)ccnc4C)CC3(C)C2)c2ccc(C)c(Cl)c2)CC1. The Balaban J connectivity index is 1.20. The number of pyridine rings is 1. The van der Waals surface area contributed by atoms with Crippen molar-refractivity contribution in [2.24, 2.45) is 10.8 Å². The first kappa shape index (κ1) is 32.2. The van der Waals surface area contributed by atoms with Gasteiger partial charge in [-0.05, 0) is 63.1 Å². The van der Waals surface area contributed by atoms with Gasteiger partial charge in [-0.3, -0.25) is 19.5 Å².